The summed E-state index contributed by atoms with van der Waals surface area (Å²) >= 11 is 0. The fraction of sp³-hybridized carbons (Fsp3) is 0.250. The number of benzene rings is 2. The van der Waals surface area contributed by atoms with Gasteiger partial charge in [0.25, 0.3) is 0 Å². The number of ether oxygens (including phenoxy) is 1. The van der Waals surface area contributed by atoms with Crippen molar-refractivity contribution < 1.29 is 9.84 Å². The summed E-state index contributed by atoms with van der Waals surface area (Å²) in [5, 5.41) is 9.34. The maximum atomic E-state index is 9.34. The highest BCUT2D eigenvalue weighted by Crippen LogP contribution is 2.33. The highest BCUT2D eigenvalue weighted by Gasteiger charge is 2.22. The van der Waals surface area contributed by atoms with Crippen LogP contribution >= 0.6 is 0 Å². The quantitative estimate of drug-likeness (QED) is 0.888. The minimum atomic E-state index is -0.0973. The first-order valence-electron chi connectivity index (χ1n) is 5.98. The van der Waals surface area contributed by atoms with Crippen molar-refractivity contribution in [2.24, 2.45) is 0 Å². The molecule has 1 N–H and O–H groups in total. The highest BCUT2D eigenvalue weighted by molar-refractivity contribution is 5.41. The van der Waals surface area contributed by atoms with Crippen molar-refractivity contribution in [3.05, 3.63) is 59.7 Å². The van der Waals surface area contributed by atoms with Gasteiger partial charge in [0.1, 0.15) is 11.5 Å². The molecule has 18 heavy (non-hydrogen) atoms. The Bertz CT molecular complexity index is 510. The Morgan fingerprint density at radius 3 is 1.72 bits per heavy atom. The summed E-state index contributed by atoms with van der Waals surface area (Å²) in [4.78, 5) is 0. The van der Waals surface area contributed by atoms with Crippen molar-refractivity contribution >= 4 is 0 Å². The first-order valence-corrected chi connectivity index (χ1v) is 5.98. The topological polar surface area (TPSA) is 29.5 Å². The Kier molecular flexibility index (Phi) is 3.28. The van der Waals surface area contributed by atoms with Gasteiger partial charge in [-0.2, -0.15) is 0 Å². The van der Waals surface area contributed by atoms with E-state index >= 15 is 0 Å². The molecule has 0 spiro atoms. The number of rotatable bonds is 3. The highest BCUT2D eigenvalue weighted by atomic mass is 16.5. The predicted octanol–water partition coefficient (Wildman–Crippen LogP) is 3.73. The van der Waals surface area contributed by atoms with E-state index in [0.29, 0.717) is 5.75 Å². The second kappa shape index (κ2) is 4.73. The van der Waals surface area contributed by atoms with Crippen LogP contribution < -0.4 is 4.74 Å². The molecule has 0 fully saturated rings. The molecular weight excluding hydrogens is 224 g/mol. The number of phenols is 1. The average molecular weight is 242 g/mol. The molecule has 2 rings (SSSR count). The molecule has 0 aliphatic heterocycles. The maximum absolute atomic E-state index is 9.34. The summed E-state index contributed by atoms with van der Waals surface area (Å²) in [5.41, 5.74) is 2.29. The smallest absolute Gasteiger partial charge is 0.118 e. The van der Waals surface area contributed by atoms with Gasteiger partial charge in [0, 0.05) is 5.41 Å². The lowest BCUT2D eigenvalue weighted by molar-refractivity contribution is 0.414. The van der Waals surface area contributed by atoms with Crippen LogP contribution in [0.1, 0.15) is 25.0 Å². The van der Waals surface area contributed by atoms with Crippen LogP contribution in [0.4, 0.5) is 0 Å². The van der Waals surface area contributed by atoms with Crippen molar-refractivity contribution in [3.8, 4) is 11.5 Å². The van der Waals surface area contributed by atoms with Gasteiger partial charge in [0.15, 0.2) is 0 Å². The van der Waals surface area contributed by atoms with Gasteiger partial charge in [0.05, 0.1) is 7.11 Å². The van der Waals surface area contributed by atoms with Crippen LogP contribution in [0.5, 0.6) is 11.5 Å². The first-order chi connectivity index (χ1) is 8.54. The van der Waals surface area contributed by atoms with E-state index in [1.807, 2.05) is 24.3 Å². The van der Waals surface area contributed by atoms with E-state index in [4.69, 9.17) is 4.74 Å². The number of aromatic hydroxyl groups is 1. The molecule has 0 amide bonds. The van der Waals surface area contributed by atoms with Gasteiger partial charge in [-0.15, -0.1) is 0 Å². The summed E-state index contributed by atoms with van der Waals surface area (Å²) in [6.07, 6.45) is 0. The van der Waals surface area contributed by atoms with Crippen molar-refractivity contribution in [3.63, 3.8) is 0 Å². The monoisotopic (exact) mass is 242 g/mol. The molecule has 94 valence electrons. The van der Waals surface area contributed by atoms with Crippen molar-refractivity contribution in [1.82, 2.24) is 0 Å². The molecule has 0 aromatic heterocycles. The van der Waals surface area contributed by atoms with Gasteiger partial charge in [-0.1, -0.05) is 38.1 Å². The van der Waals surface area contributed by atoms with Gasteiger partial charge in [0.2, 0.25) is 0 Å². The molecule has 0 heterocycles. The lowest BCUT2D eigenvalue weighted by Gasteiger charge is -2.26. The molecule has 2 heteroatoms. The number of hydrogen-bond acceptors (Lipinski definition) is 2. The zero-order valence-electron chi connectivity index (χ0n) is 11.0. The van der Waals surface area contributed by atoms with Crippen LogP contribution in [0.25, 0.3) is 0 Å². The van der Waals surface area contributed by atoms with E-state index in [9.17, 15) is 5.11 Å². The minimum Gasteiger partial charge on any atom is -0.508 e. The number of phenolic OH excluding ortho intramolecular Hbond substituents is 1. The van der Waals surface area contributed by atoms with Crippen LogP contribution in [0.15, 0.2) is 48.5 Å². The second-order valence-corrected chi connectivity index (χ2v) is 4.90. The summed E-state index contributed by atoms with van der Waals surface area (Å²) in [6, 6.07) is 15.5. The summed E-state index contributed by atoms with van der Waals surface area (Å²) in [6.45, 7) is 4.34. The lowest BCUT2D eigenvalue weighted by atomic mass is 9.78. The Labute approximate surface area is 108 Å². The normalized spacial score (nSPS) is 11.3. The fourth-order valence-corrected chi connectivity index (χ4v) is 2.05. The standard InChI is InChI=1S/C16H18O2/c1-16(2,12-4-8-14(17)9-5-12)13-6-10-15(18-3)11-7-13/h4-11,17H,1-3H3. The molecule has 0 saturated carbocycles. The van der Waals surface area contributed by atoms with Crippen LogP contribution in [-0.2, 0) is 5.41 Å². The maximum Gasteiger partial charge on any atom is 0.118 e. The third-order valence-corrected chi connectivity index (χ3v) is 3.40. The Morgan fingerprint density at radius 1 is 0.833 bits per heavy atom. The van der Waals surface area contributed by atoms with Gasteiger partial charge < -0.3 is 9.84 Å². The first kappa shape index (κ1) is 12.5. The van der Waals surface area contributed by atoms with Gasteiger partial charge in [-0.05, 0) is 35.4 Å². The SMILES string of the molecule is COc1ccc(C(C)(C)c2ccc(O)cc2)cc1. The van der Waals surface area contributed by atoms with Crippen molar-refractivity contribution in [1.29, 1.82) is 0 Å². The predicted molar refractivity (Wildman–Crippen MR) is 73.2 cm³/mol. The van der Waals surface area contributed by atoms with Crippen molar-refractivity contribution in [2.45, 2.75) is 19.3 Å². The van der Waals surface area contributed by atoms with E-state index in [1.165, 1.54) is 11.1 Å². The fourth-order valence-electron chi connectivity index (χ4n) is 2.05. The largest absolute Gasteiger partial charge is 0.508 e. The third kappa shape index (κ3) is 2.33. The summed E-state index contributed by atoms with van der Waals surface area (Å²) in [7, 11) is 1.67. The second-order valence-electron chi connectivity index (χ2n) is 4.90. The van der Waals surface area contributed by atoms with Crippen LogP contribution in [-0.4, -0.2) is 12.2 Å². The summed E-state index contributed by atoms with van der Waals surface area (Å²) < 4.78 is 5.17. The lowest BCUT2D eigenvalue weighted by Crippen LogP contribution is -2.18. The number of methoxy groups -OCH3 is 1. The minimum absolute atomic E-state index is 0.0973. The molecule has 0 aliphatic carbocycles. The molecule has 2 aromatic rings. The van der Waals surface area contributed by atoms with E-state index in [2.05, 4.69) is 26.0 Å². The van der Waals surface area contributed by atoms with Gasteiger partial charge in [-0.3, -0.25) is 0 Å². The van der Waals surface area contributed by atoms with Crippen LogP contribution in [0.3, 0.4) is 0 Å². The molecule has 0 saturated heterocycles. The number of hydrogen-bond donors (Lipinski definition) is 1. The van der Waals surface area contributed by atoms with Gasteiger partial charge >= 0.3 is 0 Å². The van der Waals surface area contributed by atoms with E-state index in [-0.39, 0.29) is 5.41 Å². The zero-order chi connectivity index (χ0) is 13.2. The van der Waals surface area contributed by atoms with Crippen molar-refractivity contribution in [2.75, 3.05) is 7.11 Å². The third-order valence-electron chi connectivity index (χ3n) is 3.40. The Morgan fingerprint density at radius 2 is 1.28 bits per heavy atom. The van der Waals surface area contributed by atoms with E-state index in [1.54, 1.807) is 19.2 Å². The van der Waals surface area contributed by atoms with Crippen LogP contribution in [0, 0.1) is 0 Å². The molecular formula is C16H18O2. The molecule has 0 aliphatic rings. The zero-order valence-corrected chi connectivity index (χ0v) is 11.0. The molecule has 0 bridgehead atoms. The Balaban J connectivity index is 2.37. The molecule has 0 unspecified atom stereocenters. The molecule has 2 nitrogen and oxygen atoms in total. The molecule has 2 aromatic carbocycles. The van der Waals surface area contributed by atoms with E-state index < -0.39 is 0 Å². The Hall–Kier alpha value is -1.96. The average Bonchev–Trinajstić information content (AvgIpc) is 2.39. The van der Waals surface area contributed by atoms with Crippen LogP contribution in [0.2, 0.25) is 0 Å². The molecule has 0 atom stereocenters. The van der Waals surface area contributed by atoms with Gasteiger partial charge in [-0.25, -0.2) is 0 Å². The van der Waals surface area contributed by atoms with E-state index in [0.717, 1.165) is 5.75 Å². The molecule has 0 radical (unpaired) electrons. The summed E-state index contributed by atoms with van der Waals surface area (Å²) in [5.74, 6) is 1.16.